The van der Waals surface area contributed by atoms with E-state index in [9.17, 15) is 10.1 Å². The number of carbonyl (C=O) groups is 1. The van der Waals surface area contributed by atoms with Crippen LogP contribution >= 0.6 is 23.6 Å². The average Bonchev–Trinajstić information content (AvgIpc) is 3.08. The van der Waals surface area contributed by atoms with Crippen LogP contribution < -0.4 is 15.4 Å². The topological polar surface area (TPSA) is 83.4 Å². The maximum Gasteiger partial charge on any atom is 0.257 e. The van der Waals surface area contributed by atoms with Crippen LogP contribution in [0.1, 0.15) is 46.1 Å². The van der Waals surface area contributed by atoms with E-state index in [1.54, 1.807) is 35.6 Å². The summed E-state index contributed by atoms with van der Waals surface area (Å²) in [4.78, 5) is 13.8. The Bertz CT molecular complexity index is 934. The molecule has 0 aliphatic heterocycles. The van der Waals surface area contributed by atoms with Crippen LogP contribution in [0, 0.1) is 11.3 Å². The Kier molecular flexibility index (Phi) is 7.58. The predicted molar refractivity (Wildman–Crippen MR) is 118 cm³/mol. The van der Waals surface area contributed by atoms with E-state index in [0.717, 1.165) is 31.2 Å². The van der Waals surface area contributed by atoms with Gasteiger partial charge in [0.2, 0.25) is 0 Å². The van der Waals surface area contributed by atoms with E-state index in [-0.39, 0.29) is 11.0 Å². The molecular weight excluding hydrogens is 406 g/mol. The van der Waals surface area contributed by atoms with Crippen molar-refractivity contribution in [2.24, 2.45) is 0 Å². The van der Waals surface area contributed by atoms with Gasteiger partial charge in [-0.05, 0) is 68.6 Å². The molecule has 1 heterocycles. The minimum absolute atomic E-state index is 0.174. The monoisotopic (exact) mass is 429 g/mol. The summed E-state index contributed by atoms with van der Waals surface area (Å²) in [6.07, 6.45) is 4.15. The minimum atomic E-state index is -0.336. The molecule has 1 aromatic heterocycles. The van der Waals surface area contributed by atoms with Crippen molar-refractivity contribution in [1.82, 2.24) is 5.32 Å². The molecule has 1 amide bonds. The van der Waals surface area contributed by atoms with Gasteiger partial charge in [0.1, 0.15) is 23.4 Å². The van der Waals surface area contributed by atoms with E-state index in [1.807, 2.05) is 6.92 Å². The molecule has 0 spiro atoms. The molecule has 0 fully saturated rings. The van der Waals surface area contributed by atoms with Crippen molar-refractivity contribution in [3.63, 3.8) is 0 Å². The first-order valence-corrected chi connectivity index (χ1v) is 10.8. The number of hydrogen-bond acceptors (Lipinski definition) is 6. The Morgan fingerprint density at radius 1 is 1.31 bits per heavy atom. The van der Waals surface area contributed by atoms with Gasteiger partial charge < -0.3 is 14.8 Å². The molecule has 1 aliphatic rings. The molecule has 0 radical (unpaired) electrons. The molecule has 3 rings (SSSR count). The van der Waals surface area contributed by atoms with Crippen molar-refractivity contribution < 1.29 is 14.3 Å². The molecule has 1 aliphatic carbocycles. The fraction of sp³-hybridized carbons (Fsp3) is 0.381. The van der Waals surface area contributed by atoms with Gasteiger partial charge in [0.25, 0.3) is 5.91 Å². The number of nitrogens with zero attached hydrogens (tertiary/aromatic N) is 1. The zero-order valence-electron chi connectivity index (χ0n) is 16.2. The molecule has 2 aromatic rings. The highest BCUT2D eigenvalue weighted by molar-refractivity contribution is 7.80. The number of nitriles is 1. The van der Waals surface area contributed by atoms with Crippen LogP contribution in [0.4, 0.5) is 5.00 Å². The highest BCUT2D eigenvalue weighted by Crippen LogP contribution is 2.37. The number of aryl methyl sites for hydroxylation is 1. The molecule has 8 heteroatoms. The molecule has 0 unspecified atom stereocenters. The Morgan fingerprint density at radius 3 is 2.93 bits per heavy atom. The number of nitrogens with one attached hydrogen (secondary N) is 2. The predicted octanol–water partition coefficient (Wildman–Crippen LogP) is 4.04. The van der Waals surface area contributed by atoms with Crippen molar-refractivity contribution in [2.45, 2.75) is 32.6 Å². The van der Waals surface area contributed by atoms with Crippen LogP contribution in [0.15, 0.2) is 24.3 Å². The van der Waals surface area contributed by atoms with Crippen LogP contribution in [0.25, 0.3) is 0 Å². The van der Waals surface area contributed by atoms with Gasteiger partial charge in [-0.15, -0.1) is 11.3 Å². The third kappa shape index (κ3) is 5.54. The summed E-state index contributed by atoms with van der Waals surface area (Å²) in [5.74, 6) is 0.256. The number of hydrogen-bond donors (Lipinski definition) is 2. The average molecular weight is 430 g/mol. The first-order chi connectivity index (χ1) is 14.1. The van der Waals surface area contributed by atoms with Crippen molar-refractivity contribution in [2.75, 3.05) is 25.1 Å². The van der Waals surface area contributed by atoms with E-state index in [4.69, 9.17) is 21.7 Å². The summed E-state index contributed by atoms with van der Waals surface area (Å²) in [6.45, 7) is 3.47. The zero-order valence-corrected chi connectivity index (χ0v) is 17.9. The van der Waals surface area contributed by atoms with Gasteiger partial charge in [0.15, 0.2) is 5.11 Å². The van der Waals surface area contributed by atoms with E-state index in [2.05, 4.69) is 16.7 Å². The summed E-state index contributed by atoms with van der Waals surface area (Å²) in [5.41, 5.74) is 2.21. The maximum absolute atomic E-state index is 12.5. The molecule has 0 saturated carbocycles. The van der Waals surface area contributed by atoms with E-state index >= 15 is 0 Å². The number of rotatable bonds is 7. The fourth-order valence-electron chi connectivity index (χ4n) is 3.17. The second-order valence-corrected chi connectivity index (χ2v) is 8.02. The van der Waals surface area contributed by atoms with Crippen LogP contribution in [0.2, 0.25) is 0 Å². The summed E-state index contributed by atoms with van der Waals surface area (Å²) in [6, 6.07) is 9.17. The summed E-state index contributed by atoms with van der Waals surface area (Å²) in [5, 5.41) is 16.1. The van der Waals surface area contributed by atoms with Crippen LogP contribution in [0.3, 0.4) is 0 Å². The summed E-state index contributed by atoms with van der Waals surface area (Å²) >= 11 is 6.85. The summed E-state index contributed by atoms with van der Waals surface area (Å²) in [7, 11) is 0. The molecular formula is C21H23N3O3S2. The second kappa shape index (κ2) is 10.3. The number of amides is 1. The number of thiocarbonyl (C=S) groups is 1. The van der Waals surface area contributed by atoms with Crippen LogP contribution in [-0.2, 0) is 17.6 Å². The van der Waals surface area contributed by atoms with Gasteiger partial charge in [-0.25, -0.2) is 0 Å². The van der Waals surface area contributed by atoms with E-state index in [0.29, 0.717) is 41.7 Å². The highest BCUT2D eigenvalue weighted by atomic mass is 32.1. The Balaban J connectivity index is 1.61. The van der Waals surface area contributed by atoms with Gasteiger partial charge in [0.05, 0.1) is 12.2 Å². The fourth-order valence-corrected chi connectivity index (χ4v) is 4.68. The Labute approximate surface area is 179 Å². The number of fused-ring (bicyclic) bond motifs is 1. The second-order valence-electron chi connectivity index (χ2n) is 6.51. The minimum Gasteiger partial charge on any atom is -0.491 e. The van der Waals surface area contributed by atoms with Crippen LogP contribution in [-0.4, -0.2) is 30.8 Å². The highest BCUT2D eigenvalue weighted by Gasteiger charge is 2.21. The largest absolute Gasteiger partial charge is 0.491 e. The number of ether oxygens (including phenoxy) is 2. The standard InChI is InChI=1S/C21H23N3O3S2/c1-2-26-10-11-27-15-7-5-6-14(12-15)19(25)23-21(28)24-20-17(13-22)16-8-3-4-9-18(16)29-20/h5-7,12H,2-4,8-11H2,1H3,(H2,23,24,25,28). The van der Waals surface area contributed by atoms with Gasteiger partial charge in [-0.2, -0.15) is 5.26 Å². The van der Waals surface area contributed by atoms with Crippen LogP contribution in [0.5, 0.6) is 5.75 Å². The normalized spacial score (nSPS) is 12.6. The van der Waals surface area contributed by atoms with Crippen molar-refractivity contribution in [3.05, 3.63) is 45.8 Å². The lowest BCUT2D eigenvalue weighted by atomic mass is 9.96. The van der Waals surface area contributed by atoms with Crippen molar-refractivity contribution in [1.29, 1.82) is 5.26 Å². The molecule has 0 saturated heterocycles. The SMILES string of the molecule is CCOCCOc1cccc(C(=O)NC(=S)Nc2sc3c(c2C#N)CCCC3)c1. The lowest BCUT2D eigenvalue weighted by Gasteiger charge is -2.10. The number of benzene rings is 1. The van der Waals surface area contributed by atoms with E-state index < -0.39 is 0 Å². The third-order valence-electron chi connectivity index (χ3n) is 4.53. The molecule has 6 nitrogen and oxygen atoms in total. The molecule has 1 aromatic carbocycles. The van der Waals surface area contributed by atoms with Gasteiger partial charge >= 0.3 is 0 Å². The smallest absolute Gasteiger partial charge is 0.257 e. The lowest BCUT2D eigenvalue weighted by Crippen LogP contribution is -2.34. The van der Waals surface area contributed by atoms with Gasteiger partial charge in [-0.1, -0.05) is 6.07 Å². The molecule has 2 N–H and O–H groups in total. The van der Waals surface area contributed by atoms with Gasteiger partial charge in [-0.3, -0.25) is 10.1 Å². The Morgan fingerprint density at radius 2 is 2.14 bits per heavy atom. The number of thiophene rings is 1. The maximum atomic E-state index is 12.5. The quantitative estimate of drug-likeness (QED) is 0.511. The van der Waals surface area contributed by atoms with Gasteiger partial charge in [0, 0.05) is 17.0 Å². The molecule has 0 bridgehead atoms. The first-order valence-electron chi connectivity index (χ1n) is 9.60. The number of carbonyl (C=O) groups excluding carboxylic acids is 1. The first kappa shape index (κ1) is 21.2. The van der Waals surface area contributed by atoms with Crippen molar-refractivity contribution >= 4 is 39.6 Å². The van der Waals surface area contributed by atoms with Crippen molar-refractivity contribution in [3.8, 4) is 11.8 Å². The zero-order chi connectivity index (χ0) is 20.6. The Hall–Kier alpha value is -2.47. The molecule has 0 atom stereocenters. The number of anilines is 1. The third-order valence-corrected chi connectivity index (χ3v) is 5.95. The molecule has 29 heavy (non-hydrogen) atoms. The lowest BCUT2D eigenvalue weighted by molar-refractivity contribution is 0.0976. The summed E-state index contributed by atoms with van der Waals surface area (Å²) < 4.78 is 10.8. The van der Waals surface area contributed by atoms with E-state index in [1.165, 1.54) is 4.88 Å². The molecule has 152 valence electrons.